The molecule has 4 nitrogen and oxygen atoms in total. The van der Waals surface area contributed by atoms with Crippen LogP contribution >= 0.6 is 0 Å². The summed E-state index contributed by atoms with van der Waals surface area (Å²) in [6.45, 7) is 17.2. The molecule has 10 atom stereocenters. The summed E-state index contributed by atoms with van der Waals surface area (Å²) < 4.78 is 11.3. The van der Waals surface area contributed by atoms with Crippen molar-refractivity contribution in [1.29, 1.82) is 0 Å². The van der Waals surface area contributed by atoms with E-state index in [0.29, 0.717) is 40.9 Å². The first-order valence-corrected chi connectivity index (χ1v) is 18.5. The Morgan fingerprint density at radius 3 is 2.44 bits per heavy atom. The normalized spacial score (nSPS) is 36.0. The van der Waals surface area contributed by atoms with Gasteiger partial charge < -0.3 is 14.6 Å². The van der Waals surface area contributed by atoms with Gasteiger partial charge in [0.25, 0.3) is 0 Å². The van der Waals surface area contributed by atoms with E-state index < -0.39 is 0 Å². The van der Waals surface area contributed by atoms with Crippen LogP contribution in [0.4, 0.5) is 0 Å². The molecule has 0 bridgehead atoms. The van der Waals surface area contributed by atoms with Crippen molar-refractivity contribution in [2.75, 3.05) is 6.61 Å². The zero-order valence-electron chi connectivity index (χ0n) is 29.4. The molecule has 10 unspecified atom stereocenters. The molecule has 0 amide bonds. The first-order chi connectivity index (χ1) is 21.5. The van der Waals surface area contributed by atoms with E-state index in [9.17, 15) is 9.90 Å². The number of hydrogen-bond acceptors (Lipinski definition) is 4. The van der Waals surface area contributed by atoms with Crippen LogP contribution in [-0.2, 0) is 16.1 Å². The molecule has 0 spiro atoms. The third-order valence-corrected chi connectivity index (χ3v) is 13.7. The monoisotopic (exact) mass is 618 g/mol. The van der Waals surface area contributed by atoms with Crippen LogP contribution in [0.1, 0.15) is 124 Å². The van der Waals surface area contributed by atoms with Crippen molar-refractivity contribution in [3.05, 3.63) is 47.7 Å². The molecule has 0 heterocycles. The minimum absolute atomic E-state index is 0.00671. The summed E-state index contributed by atoms with van der Waals surface area (Å²) >= 11 is 0. The molecule has 4 fully saturated rings. The average Bonchev–Trinajstić information content (AvgIpc) is 3.38. The Bertz CT molecular complexity index is 1220. The molecule has 45 heavy (non-hydrogen) atoms. The maximum absolute atomic E-state index is 13.2. The Balaban J connectivity index is 1.19. The fraction of sp³-hybridized carbons (Fsp3) is 0.732. The molecule has 0 saturated heterocycles. The van der Waals surface area contributed by atoms with Crippen LogP contribution in [0.5, 0.6) is 5.75 Å². The summed E-state index contributed by atoms with van der Waals surface area (Å²) in [4.78, 5) is 13.2. The molecule has 4 aliphatic rings. The molecule has 4 aliphatic carbocycles. The van der Waals surface area contributed by atoms with Gasteiger partial charge in [-0.25, -0.2) is 0 Å². The number of rotatable bonds is 11. The Morgan fingerprint density at radius 2 is 1.73 bits per heavy atom. The van der Waals surface area contributed by atoms with Crippen molar-refractivity contribution in [2.45, 2.75) is 119 Å². The maximum atomic E-state index is 13.2. The van der Waals surface area contributed by atoms with E-state index >= 15 is 0 Å². The standard InChI is InChI=1S/C41H62O4/c1-8-30(27(3)4)12-10-28(5)35-15-16-36-34-14-13-33-25-31(18-21-40(33,6)37(34)19-22-41(35,36)7)39(43)45-23-20-29-11-17-38(44-9-2)32(24-29)26-42/h10-12,17,20,23-24,27-28,30-31,33-37,42H,8-9,13-16,18-19,21-22,25-26H2,1-7H3/b12-10+,23-20+. The molecule has 0 aliphatic heterocycles. The highest BCUT2D eigenvalue weighted by Gasteiger charge is 2.60. The van der Waals surface area contributed by atoms with Gasteiger partial charge in [-0.2, -0.15) is 0 Å². The molecule has 0 aromatic heterocycles. The lowest BCUT2D eigenvalue weighted by Gasteiger charge is -2.61. The third-order valence-electron chi connectivity index (χ3n) is 13.7. The van der Waals surface area contributed by atoms with Gasteiger partial charge in [-0.05, 0) is 153 Å². The van der Waals surface area contributed by atoms with Crippen LogP contribution in [0, 0.1) is 64.1 Å². The van der Waals surface area contributed by atoms with E-state index in [-0.39, 0.29) is 18.5 Å². The quantitative estimate of drug-likeness (QED) is 0.152. The number of ether oxygens (including phenoxy) is 2. The topological polar surface area (TPSA) is 55.8 Å². The second-order valence-corrected chi connectivity index (χ2v) is 16.1. The molecule has 250 valence electrons. The fourth-order valence-electron chi connectivity index (χ4n) is 11.1. The smallest absolute Gasteiger partial charge is 0.313 e. The zero-order valence-corrected chi connectivity index (χ0v) is 29.4. The van der Waals surface area contributed by atoms with Crippen LogP contribution in [-0.4, -0.2) is 17.7 Å². The van der Waals surface area contributed by atoms with Crippen LogP contribution in [0.2, 0.25) is 0 Å². The van der Waals surface area contributed by atoms with E-state index in [4.69, 9.17) is 9.47 Å². The van der Waals surface area contributed by atoms with Crippen molar-refractivity contribution in [3.8, 4) is 5.75 Å². The lowest BCUT2D eigenvalue weighted by atomic mass is 9.44. The van der Waals surface area contributed by atoms with Gasteiger partial charge in [0.1, 0.15) is 5.75 Å². The highest BCUT2D eigenvalue weighted by atomic mass is 16.5. The Hall–Kier alpha value is -2.07. The largest absolute Gasteiger partial charge is 0.494 e. The lowest BCUT2D eigenvalue weighted by Crippen LogP contribution is -2.54. The van der Waals surface area contributed by atoms with Crippen molar-refractivity contribution in [1.82, 2.24) is 0 Å². The van der Waals surface area contributed by atoms with Gasteiger partial charge in [-0.3, -0.25) is 4.79 Å². The first-order valence-electron chi connectivity index (χ1n) is 18.5. The molecule has 1 N–H and O–H groups in total. The van der Waals surface area contributed by atoms with Gasteiger partial charge in [-0.15, -0.1) is 0 Å². The first kappa shape index (κ1) is 34.3. The summed E-state index contributed by atoms with van der Waals surface area (Å²) in [6, 6.07) is 5.67. The maximum Gasteiger partial charge on any atom is 0.313 e. The number of hydrogen-bond donors (Lipinski definition) is 1. The summed E-state index contributed by atoms with van der Waals surface area (Å²) in [6.07, 6.45) is 21.0. The van der Waals surface area contributed by atoms with Gasteiger partial charge in [0, 0.05) is 5.56 Å². The molecule has 1 aromatic carbocycles. The van der Waals surface area contributed by atoms with E-state index in [2.05, 4.69) is 53.7 Å². The van der Waals surface area contributed by atoms with Crippen molar-refractivity contribution in [3.63, 3.8) is 0 Å². The molecule has 1 aromatic rings. The fourth-order valence-corrected chi connectivity index (χ4v) is 11.1. The van der Waals surface area contributed by atoms with Gasteiger partial charge >= 0.3 is 5.97 Å². The van der Waals surface area contributed by atoms with Crippen LogP contribution in [0.3, 0.4) is 0 Å². The van der Waals surface area contributed by atoms with Crippen molar-refractivity contribution < 1.29 is 19.4 Å². The summed E-state index contributed by atoms with van der Waals surface area (Å²) in [5, 5.41) is 9.70. The van der Waals surface area contributed by atoms with Gasteiger partial charge in [0.05, 0.1) is 25.4 Å². The highest BCUT2D eigenvalue weighted by molar-refractivity contribution is 5.74. The molecular formula is C41H62O4. The molecule has 4 heteroatoms. The predicted octanol–water partition coefficient (Wildman–Crippen LogP) is 10.2. The molecule has 4 saturated carbocycles. The van der Waals surface area contributed by atoms with Gasteiger partial charge in [0.15, 0.2) is 0 Å². The van der Waals surface area contributed by atoms with Crippen LogP contribution in [0.15, 0.2) is 36.6 Å². The summed E-state index contributed by atoms with van der Waals surface area (Å²) in [5.41, 5.74) is 2.45. The van der Waals surface area contributed by atoms with Gasteiger partial charge in [0.2, 0.25) is 0 Å². The molecule has 0 radical (unpaired) electrons. The second-order valence-electron chi connectivity index (χ2n) is 16.1. The Labute approximate surface area is 274 Å². The highest BCUT2D eigenvalue weighted by Crippen LogP contribution is 2.68. The number of fused-ring (bicyclic) bond motifs is 5. The van der Waals surface area contributed by atoms with E-state index in [1.54, 1.807) is 0 Å². The Morgan fingerprint density at radius 1 is 0.978 bits per heavy atom. The molecular weight excluding hydrogens is 556 g/mol. The number of carbonyl (C=O) groups is 1. The van der Waals surface area contributed by atoms with Gasteiger partial charge in [-0.1, -0.05) is 59.8 Å². The summed E-state index contributed by atoms with van der Waals surface area (Å²) in [5.74, 6) is 6.65. The predicted molar refractivity (Wildman–Crippen MR) is 184 cm³/mol. The van der Waals surface area contributed by atoms with Crippen molar-refractivity contribution in [2.24, 2.45) is 64.1 Å². The third kappa shape index (κ3) is 6.83. The lowest BCUT2D eigenvalue weighted by molar-refractivity contribution is -0.153. The van der Waals surface area contributed by atoms with E-state index in [0.717, 1.165) is 60.0 Å². The number of carbonyl (C=O) groups excluding carboxylic acids is 1. The number of esters is 1. The molecule has 5 rings (SSSR count). The summed E-state index contributed by atoms with van der Waals surface area (Å²) in [7, 11) is 0. The number of allylic oxidation sites excluding steroid dienone is 2. The van der Waals surface area contributed by atoms with Crippen molar-refractivity contribution >= 4 is 12.0 Å². The SMILES string of the molecule is CCOc1ccc(/C=C/OC(=O)C2CCC3(C)C(CCC4C3CCC3(C)C(C(C)/C=C/C(CC)C(C)C)CCC43)C2)cc1CO. The van der Waals surface area contributed by atoms with Crippen LogP contribution < -0.4 is 4.74 Å². The average molecular weight is 619 g/mol. The zero-order chi connectivity index (χ0) is 32.4. The second kappa shape index (κ2) is 14.4. The van der Waals surface area contributed by atoms with E-state index in [1.165, 1.54) is 51.2 Å². The number of benzene rings is 1. The minimum atomic E-state index is -0.0875. The van der Waals surface area contributed by atoms with E-state index in [1.807, 2.05) is 31.2 Å². The van der Waals surface area contributed by atoms with Crippen LogP contribution in [0.25, 0.3) is 6.08 Å². The minimum Gasteiger partial charge on any atom is -0.494 e. The number of aliphatic hydroxyl groups excluding tert-OH is 1. The number of aliphatic hydroxyl groups is 1. The Kier molecular flexibility index (Phi) is 10.9.